The molecular weight excluding hydrogens is 252 g/mol. The summed E-state index contributed by atoms with van der Waals surface area (Å²) in [5, 5.41) is 0.611. The summed E-state index contributed by atoms with van der Waals surface area (Å²) in [5.74, 6) is 6.67. The van der Waals surface area contributed by atoms with Crippen LogP contribution < -0.4 is 16.0 Å². The average molecular weight is 265 g/mol. The van der Waals surface area contributed by atoms with E-state index < -0.39 is 0 Å². The van der Waals surface area contributed by atoms with Crippen molar-refractivity contribution in [3.8, 4) is 11.6 Å². The van der Waals surface area contributed by atoms with E-state index in [1.807, 2.05) is 26.0 Å². The summed E-state index contributed by atoms with van der Waals surface area (Å²) in [7, 11) is 0. The molecule has 5 nitrogen and oxygen atoms in total. The first-order valence-electron chi connectivity index (χ1n) is 5.34. The van der Waals surface area contributed by atoms with Crippen LogP contribution in [0.1, 0.15) is 11.1 Å². The van der Waals surface area contributed by atoms with Gasteiger partial charge in [-0.25, -0.2) is 10.8 Å². The van der Waals surface area contributed by atoms with Crippen molar-refractivity contribution >= 4 is 17.5 Å². The Morgan fingerprint density at radius 3 is 2.78 bits per heavy atom. The highest BCUT2D eigenvalue weighted by Crippen LogP contribution is 2.28. The number of nitrogen functional groups attached to an aromatic ring is 1. The van der Waals surface area contributed by atoms with Gasteiger partial charge in [0.15, 0.2) is 0 Å². The van der Waals surface area contributed by atoms with Gasteiger partial charge < -0.3 is 4.74 Å². The Hall–Kier alpha value is -1.85. The molecule has 94 valence electrons. The van der Waals surface area contributed by atoms with Crippen LogP contribution in [0.2, 0.25) is 5.02 Å². The number of hydrogen-bond donors (Lipinski definition) is 2. The second-order valence-electron chi connectivity index (χ2n) is 3.84. The van der Waals surface area contributed by atoms with Gasteiger partial charge in [-0.1, -0.05) is 17.7 Å². The molecule has 0 spiro atoms. The summed E-state index contributed by atoms with van der Waals surface area (Å²) in [5.41, 5.74) is 4.16. The molecule has 2 aromatic rings. The standard InChI is InChI=1S/C12H13ClN4O/c1-7-3-4-9(13)5-10(7)18-11-8(2)6-15-12(16-11)17-14/h3-6H,14H2,1-2H3,(H,15,16,17). The topological polar surface area (TPSA) is 73.1 Å². The minimum atomic E-state index is 0.301. The molecule has 6 heteroatoms. The molecule has 0 fully saturated rings. The summed E-state index contributed by atoms with van der Waals surface area (Å²) in [6.45, 7) is 3.79. The van der Waals surface area contributed by atoms with Crippen LogP contribution in [0.5, 0.6) is 11.6 Å². The number of rotatable bonds is 3. The third kappa shape index (κ3) is 2.69. The van der Waals surface area contributed by atoms with Crippen molar-refractivity contribution in [1.29, 1.82) is 0 Å². The molecule has 3 N–H and O–H groups in total. The summed E-state index contributed by atoms with van der Waals surface area (Å²) in [6.07, 6.45) is 1.64. The second kappa shape index (κ2) is 5.20. The van der Waals surface area contributed by atoms with E-state index in [-0.39, 0.29) is 0 Å². The van der Waals surface area contributed by atoms with Crippen LogP contribution in [-0.2, 0) is 0 Å². The predicted molar refractivity (Wildman–Crippen MR) is 70.8 cm³/mol. The zero-order chi connectivity index (χ0) is 13.1. The van der Waals surface area contributed by atoms with Gasteiger partial charge in [0.1, 0.15) is 5.75 Å². The van der Waals surface area contributed by atoms with Crippen molar-refractivity contribution in [2.75, 3.05) is 5.43 Å². The Bertz CT molecular complexity index is 574. The molecule has 2 rings (SSSR count). The van der Waals surface area contributed by atoms with Crippen molar-refractivity contribution in [1.82, 2.24) is 9.97 Å². The third-order valence-corrected chi connectivity index (χ3v) is 2.65. The van der Waals surface area contributed by atoms with Crippen molar-refractivity contribution in [2.24, 2.45) is 5.84 Å². The Morgan fingerprint density at radius 2 is 2.06 bits per heavy atom. The number of hydrazine groups is 1. The zero-order valence-electron chi connectivity index (χ0n) is 10.1. The lowest BCUT2D eigenvalue weighted by Gasteiger charge is -2.10. The van der Waals surface area contributed by atoms with E-state index in [9.17, 15) is 0 Å². The number of aromatic nitrogens is 2. The van der Waals surface area contributed by atoms with Gasteiger partial charge in [-0.15, -0.1) is 0 Å². The number of ether oxygens (including phenoxy) is 1. The van der Waals surface area contributed by atoms with Crippen molar-refractivity contribution in [2.45, 2.75) is 13.8 Å². The minimum Gasteiger partial charge on any atom is -0.438 e. The largest absolute Gasteiger partial charge is 0.438 e. The van der Waals surface area contributed by atoms with Crippen LogP contribution in [0.15, 0.2) is 24.4 Å². The number of halogens is 1. The number of hydrogen-bond acceptors (Lipinski definition) is 5. The number of benzene rings is 1. The van der Waals surface area contributed by atoms with Crippen molar-refractivity contribution < 1.29 is 4.74 Å². The monoisotopic (exact) mass is 264 g/mol. The fraction of sp³-hybridized carbons (Fsp3) is 0.167. The Kier molecular flexibility index (Phi) is 3.64. The van der Waals surface area contributed by atoms with Crippen LogP contribution in [0.3, 0.4) is 0 Å². The summed E-state index contributed by atoms with van der Waals surface area (Å²) >= 11 is 5.94. The molecule has 0 unspecified atom stereocenters. The van der Waals surface area contributed by atoms with Gasteiger partial charge in [-0.2, -0.15) is 4.98 Å². The molecule has 18 heavy (non-hydrogen) atoms. The van der Waals surface area contributed by atoms with Crippen molar-refractivity contribution in [3.05, 3.63) is 40.5 Å². The molecule has 0 saturated carbocycles. The lowest BCUT2D eigenvalue weighted by atomic mass is 10.2. The first-order valence-corrected chi connectivity index (χ1v) is 5.72. The maximum atomic E-state index is 5.94. The zero-order valence-corrected chi connectivity index (χ0v) is 10.8. The maximum absolute atomic E-state index is 5.94. The van der Waals surface area contributed by atoms with Crippen LogP contribution >= 0.6 is 11.6 Å². The molecular formula is C12H13ClN4O. The van der Waals surface area contributed by atoms with E-state index in [1.165, 1.54) is 0 Å². The molecule has 0 radical (unpaired) electrons. The average Bonchev–Trinajstić information content (AvgIpc) is 2.36. The Morgan fingerprint density at radius 1 is 1.28 bits per heavy atom. The van der Waals surface area contributed by atoms with E-state index in [0.717, 1.165) is 11.1 Å². The third-order valence-electron chi connectivity index (χ3n) is 2.41. The summed E-state index contributed by atoms with van der Waals surface area (Å²) in [4.78, 5) is 8.13. The van der Waals surface area contributed by atoms with E-state index in [4.69, 9.17) is 22.2 Å². The molecule has 0 aliphatic carbocycles. The lowest BCUT2D eigenvalue weighted by molar-refractivity contribution is 0.455. The fourth-order valence-corrected chi connectivity index (χ4v) is 1.55. The van der Waals surface area contributed by atoms with Crippen LogP contribution in [0.4, 0.5) is 5.95 Å². The Labute approximate surface area is 110 Å². The molecule has 0 aliphatic rings. The van der Waals surface area contributed by atoms with Crippen molar-refractivity contribution in [3.63, 3.8) is 0 Å². The van der Waals surface area contributed by atoms with Crippen LogP contribution in [0.25, 0.3) is 0 Å². The molecule has 1 aromatic heterocycles. The number of nitrogens with zero attached hydrogens (tertiary/aromatic N) is 2. The first kappa shape index (κ1) is 12.6. The molecule has 1 aromatic carbocycles. The van der Waals surface area contributed by atoms with Gasteiger partial charge >= 0.3 is 0 Å². The number of anilines is 1. The highest BCUT2D eigenvalue weighted by atomic mass is 35.5. The molecule has 0 atom stereocenters. The van der Waals surface area contributed by atoms with Gasteiger partial charge in [0.25, 0.3) is 0 Å². The SMILES string of the molecule is Cc1ccc(Cl)cc1Oc1nc(NN)ncc1C. The number of nitrogens with one attached hydrogen (secondary N) is 1. The van der Waals surface area contributed by atoms with E-state index in [2.05, 4.69) is 15.4 Å². The van der Waals surface area contributed by atoms with Crippen LogP contribution in [-0.4, -0.2) is 9.97 Å². The molecule has 0 amide bonds. The maximum Gasteiger partial charge on any atom is 0.240 e. The highest BCUT2D eigenvalue weighted by Gasteiger charge is 2.08. The Balaban J connectivity index is 2.36. The number of aryl methyl sites for hydroxylation is 2. The van der Waals surface area contributed by atoms with Crippen LogP contribution in [0, 0.1) is 13.8 Å². The smallest absolute Gasteiger partial charge is 0.240 e. The minimum absolute atomic E-state index is 0.301. The van der Waals surface area contributed by atoms with E-state index >= 15 is 0 Å². The van der Waals surface area contributed by atoms with E-state index in [0.29, 0.717) is 22.6 Å². The molecule has 1 heterocycles. The highest BCUT2D eigenvalue weighted by molar-refractivity contribution is 6.30. The predicted octanol–water partition coefficient (Wildman–Crippen LogP) is 2.82. The molecule has 0 bridgehead atoms. The van der Waals surface area contributed by atoms with Gasteiger partial charge in [-0.3, -0.25) is 5.43 Å². The molecule has 0 saturated heterocycles. The van der Waals surface area contributed by atoms with Gasteiger partial charge in [-0.05, 0) is 31.5 Å². The van der Waals surface area contributed by atoms with E-state index in [1.54, 1.807) is 12.3 Å². The molecule has 0 aliphatic heterocycles. The summed E-state index contributed by atoms with van der Waals surface area (Å²) in [6, 6.07) is 5.44. The van der Waals surface area contributed by atoms with Gasteiger partial charge in [0, 0.05) is 16.8 Å². The fourth-order valence-electron chi connectivity index (χ4n) is 1.39. The number of nitrogens with two attached hydrogens (primary N) is 1. The van der Waals surface area contributed by atoms with Gasteiger partial charge in [0.05, 0.1) is 0 Å². The second-order valence-corrected chi connectivity index (χ2v) is 4.27. The normalized spacial score (nSPS) is 10.2. The first-order chi connectivity index (χ1) is 8.60. The lowest BCUT2D eigenvalue weighted by Crippen LogP contribution is -2.11. The quantitative estimate of drug-likeness (QED) is 0.659. The summed E-state index contributed by atoms with van der Waals surface area (Å²) < 4.78 is 5.73. The van der Waals surface area contributed by atoms with Gasteiger partial charge in [0.2, 0.25) is 11.8 Å².